The van der Waals surface area contributed by atoms with E-state index in [9.17, 15) is 9.59 Å². The predicted octanol–water partition coefficient (Wildman–Crippen LogP) is 1.72. The molecule has 1 aromatic heterocycles. The number of allylic oxidation sites excluding steroid dienone is 3. The number of ether oxygens (including phenoxy) is 2. The maximum absolute atomic E-state index is 12.5. The van der Waals surface area contributed by atoms with Crippen LogP contribution in [0.1, 0.15) is 18.4 Å². The highest BCUT2D eigenvalue weighted by atomic mass is 16.7. The molecule has 0 saturated carbocycles. The number of nitrogens with one attached hydrogen (secondary N) is 1. The number of carbonyl (C=O) groups is 2. The number of benzene rings is 1. The predicted molar refractivity (Wildman–Crippen MR) is 88.8 cm³/mol. The molecule has 0 saturated heterocycles. The van der Waals surface area contributed by atoms with E-state index in [1.807, 2.05) is 0 Å². The Bertz CT molecular complexity index is 1010. The maximum atomic E-state index is 12.5. The fourth-order valence-corrected chi connectivity index (χ4v) is 2.92. The van der Waals surface area contributed by atoms with Crippen molar-refractivity contribution in [2.24, 2.45) is 5.16 Å². The average Bonchev–Trinajstić information content (AvgIpc) is 3.12. The standard InChI is InChI=1S/C16H14N4O7/c1-7-14(26-16(22)23)11(8-4-3-5-9-13(8)20-27-19-9)12(15(21)25-2)10(18-7)6-17-24/h3-6,11,18,24H,1-2H3,(H,22,23). The average molecular weight is 374 g/mol. The topological polar surface area (TPSA) is 156 Å². The van der Waals surface area contributed by atoms with Crippen LogP contribution in [0.3, 0.4) is 0 Å². The molecule has 0 bridgehead atoms. The van der Waals surface area contributed by atoms with Crippen LogP contribution in [0.15, 0.2) is 50.7 Å². The summed E-state index contributed by atoms with van der Waals surface area (Å²) in [5.74, 6) is -1.87. The first kappa shape index (κ1) is 17.9. The Morgan fingerprint density at radius 3 is 2.81 bits per heavy atom. The summed E-state index contributed by atoms with van der Waals surface area (Å²) in [6.45, 7) is 1.55. The second-order valence-corrected chi connectivity index (χ2v) is 5.46. The summed E-state index contributed by atoms with van der Waals surface area (Å²) in [7, 11) is 1.17. The Kier molecular flexibility index (Phi) is 4.75. The lowest BCUT2D eigenvalue weighted by atomic mass is 9.84. The van der Waals surface area contributed by atoms with E-state index < -0.39 is 18.0 Å². The molecule has 140 valence electrons. The summed E-state index contributed by atoms with van der Waals surface area (Å²) in [4.78, 5) is 23.7. The molecule has 0 spiro atoms. The third-order valence-corrected chi connectivity index (χ3v) is 3.95. The molecule has 11 heteroatoms. The number of aromatic nitrogens is 2. The van der Waals surface area contributed by atoms with Gasteiger partial charge in [0, 0.05) is 0 Å². The maximum Gasteiger partial charge on any atom is 0.511 e. The van der Waals surface area contributed by atoms with Crippen LogP contribution in [-0.4, -0.2) is 46.1 Å². The minimum absolute atomic E-state index is 0.0346. The van der Waals surface area contributed by atoms with Crippen molar-refractivity contribution >= 4 is 29.4 Å². The first-order valence-electron chi connectivity index (χ1n) is 7.57. The van der Waals surface area contributed by atoms with Crippen LogP contribution in [0.2, 0.25) is 0 Å². The fraction of sp³-hybridized carbons (Fsp3) is 0.188. The highest BCUT2D eigenvalue weighted by molar-refractivity contribution is 6.00. The van der Waals surface area contributed by atoms with Crippen LogP contribution in [-0.2, 0) is 14.3 Å². The highest BCUT2D eigenvalue weighted by Gasteiger charge is 2.38. The molecule has 1 atom stereocenters. The van der Waals surface area contributed by atoms with Gasteiger partial charge in [-0.05, 0) is 28.9 Å². The van der Waals surface area contributed by atoms with E-state index in [0.29, 0.717) is 22.3 Å². The third-order valence-electron chi connectivity index (χ3n) is 3.95. The minimum atomic E-state index is -1.56. The molecule has 0 aliphatic carbocycles. The van der Waals surface area contributed by atoms with Crippen LogP contribution < -0.4 is 5.32 Å². The van der Waals surface area contributed by atoms with Crippen LogP contribution in [0.4, 0.5) is 4.79 Å². The van der Waals surface area contributed by atoms with Gasteiger partial charge in [-0.25, -0.2) is 14.2 Å². The van der Waals surface area contributed by atoms with Gasteiger partial charge in [-0.2, -0.15) is 0 Å². The zero-order valence-electron chi connectivity index (χ0n) is 14.2. The number of carbonyl (C=O) groups excluding carboxylic acids is 1. The van der Waals surface area contributed by atoms with Crippen molar-refractivity contribution in [2.75, 3.05) is 7.11 Å². The number of carboxylic acid groups (broad SMARTS) is 1. The van der Waals surface area contributed by atoms with Crippen molar-refractivity contribution in [1.82, 2.24) is 15.6 Å². The normalized spacial score (nSPS) is 17.3. The quantitative estimate of drug-likeness (QED) is 0.311. The second-order valence-electron chi connectivity index (χ2n) is 5.46. The molecule has 2 aromatic rings. The van der Waals surface area contributed by atoms with E-state index in [1.165, 1.54) is 7.11 Å². The van der Waals surface area contributed by atoms with Crippen molar-refractivity contribution in [3.8, 4) is 0 Å². The summed E-state index contributed by atoms with van der Waals surface area (Å²) in [6, 6.07) is 4.91. The van der Waals surface area contributed by atoms with Gasteiger partial charge in [0.2, 0.25) is 0 Å². The van der Waals surface area contributed by atoms with E-state index in [-0.39, 0.29) is 17.0 Å². The first-order chi connectivity index (χ1) is 13.0. The molecule has 0 fully saturated rings. The van der Waals surface area contributed by atoms with Gasteiger partial charge in [0.15, 0.2) is 0 Å². The number of methoxy groups -OCH3 is 1. The summed E-state index contributed by atoms with van der Waals surface area (Å²) < 4.78 is 14.5. The molecule has 3 rings (SSSR count). The molecule has 1 unspecified atom stereocenters. The first-order valence-corrected chi connectivity index (χ1v) is 7.57. The van der Waals surface area contributed by atoms with Gasteiger partial charge in [-0.3, -0.25) is 0 Å². The van der Waals surface area contributed by atoms with Gasteiger partial charge in [-0.15, -0.1) is 0 Å². The second kappa shape index (κ2) is 7.15. The van der Waals surface area contributed by atoms with Gasteiger partial charge in [0.25, 0.3) is 0 Å². The summed E-state index contributed by atoms with van der Waals surface area (Å²) in [5.41, 5.74) is 1.48. The number of nitrogens with zero attached hydrogens (tertiary/aromatic N) is 3. The molecule has 3 N–H and O–H groups in total. The number of fused-ring (bicyclic) bond motifs is 1. The van der Waals surface area contributed by atoms with Crippen LogP contribution in [0.25, 0.3) is 11.0 Å². The van der Waals surface area contributed by atoms with Gasteiger partial charge >= 0.3 is 12.1 Å². The molecule has 0 radical (unpaired) electrons. The monoisotopic (exact) mass is 374 g/mol. The zero-order chi connectivity index (χ0) is 19.6. The lowest BCUT2D eigenvalue weighted by Crippen LogP contribution is -2.32. The van der Waals surface area contributed by atoms with Gasteiger partial charge < -0.3 is 25.1 Å². The Balaban J connectivity index is 2.32. The molecular weight excluding hydrogens is 360 g/mol. The van der Waals surface area contributed by atoms with E-state index in [4.69, 9.17) is 24.4 Å². The number of esters is 1. The molecule has 11 nitrogen and oxygen atoms in total. The Morgan fingerprint density at radius 2 is 2.15 bits per heavy atom. The van der Waals surface area contributed by atoms with Gasteiger partial charge in [0.1, 0.15) is 16.8 Å². The minimum Gasteiger partial charge on any atom is -0.466 e. The molecule has 1 aliphatic heterocycles. The van der Waals surface area contributed by atoms with Crippen molar-refractivity contribution < 1.29 is 34.0 Å². The van der Waals surface area contributed by atoms with Gasteiger partial charge in [-0.1, -0.05) is 17.3 Å². The van der Waals surface area contributed by atoms with E-state index in [2.05, 4.69) is 20.8 Å². The smallest absolute Gasteiger partial charge is 0.466 e. The van der Waals surface area contributed by atoms with Crippen LogP contribution in [0.5, 0.6) is 0 Å². The summed E-state index contributed by atoms with van der Waals surface area (Å²) in [6.07, 6.45) is -0.563. The lowest BCUT2D eigenvalue weighted by Gasteiger charge is -2.29. The lowest BCUT2D eigenvalue weighted by molar-refractivity contribution is -0.136. The van der Waals surface area contributed by atoms with Crippen molar-refractivity contribution in [3.05, 3.63) is 46.5 Å². The van der Waals surface area contributed by atoms with Crippen molar-refractivity contribution in [2.45, 2.75) is 12.8 Å². The number of oxime groups is 1. The van der Waals surface area contributed by atoms with Crippen LogP contribution >= 0.6 is 0 Å². The molecule has 1 aromatic carbocycles. The van der Waals surface area contributed by atoms with E-state index in [0.717, 1.165) is 6.21 Å². The Morgan fingerprint density at radius 1 is 1.37 bits per heavy atom. The summed E-state index contributed by atoms with van der Waals surface area (Å²) in [5, 5.41) is 31.4. The SMILES string of the molecule is COC(=O)C1=C(C=NO)NC(C)=C(OC(=O)O)C1c1cccc2nonc12. The van der Waals surface area contributed by atoms with Crippen molar-refractivity contribution in [1.29, 1.82) is 0 Å². The third kappa shape index (κ3) is 3.17. The number of rotatable bonds is 4. The fourth-order valence-electron chi connectivity index (χ4n) is 2.92. The molecule has 0 amide bonds. The Hall–Kier alpha value is -3.89. The van der Waals surface area contributed by atoms with Crippen molar-refractivity contribution in [3.63, 3.8) is 0 Å². The zero-order valence-corrected chi connectivity index (χ0v) is 14.2. The largest absolute Gasteiger partial charge is 0.511 e. The summed E-state index contributed by atoms with van der Waals surface area (Å²) >= 11 is 0. The van der Waals surface area contributed by atoms with Crippen LogP contribution in [0, 0.1) is 0 Å². The highest BCUT2D eigenvalue weighted by Crippen LogP contribution is 2.41. The molecule has 2 heterocycles. The Labute approximate surface area is 151 Å². The number of hydrogen-bond acceptors (Lipinski definition) is 10. The molecule has 1 aliphatic rings. The van der Waals surface area contributed by atoms with Gasteiger partial charge in [0.05, 0.1) is 36.2 Å². The molecule has 27 heavy (non-hydrogen) atoms. The number of dihydropyridines is 1. The van der Waals surface area contributed by atoms with E-state index in [1.54, 1.807) is 25.1 Å². The molecular formula is C16H14N4O7. The van der Waals surface area contributed by atoms with E-state index >= 15 is 0 Å². The number of hydrogen-bond donors (Lipinski definition) is 3.